The smallest absolute Gasteiger partial charge is 0.224 e. The average Bonchev–Trinajstić information content (AvgIpc) is 2.51. The van der Waals surface area contributed by atoms with E-state index in [9.17, 15) is 4.79 Å². The van der Waals surface area contributed by atoms with Gasteiger partial charge in [-0.2, -0.15) is 0 Å². The van der Waals surface area contributed by atoms with Crippen LogP contribution in [0.1, 0.15) is 57.9 Å². The van der Waals surface area contributed by atoms with Crippen molar-refractivity contribution in [2.45, 2.75) is 65.3 Å². The van der Waals surface area contributed by atoms with E-state index in [1.54, 1.807) is 0 Å². The molecule has 3 nitrogen and oxygen atoms in total. The molecule has 0 heterocycles. The third-order valence-corrected chi connectivity index (χ3v) is 4.62. The van der Waals surface area contributed by atoms with Gasteiger partial charge in [0.25, 0.3) is 0 Å². The number of aryl methyl sites for hydroxylation is 1. The van der Waals surface area contributed by atoms with Crippen molar-refractivity contribution in [3.63, 3.8) is 0 Å². The highest BCUT2D eigenvalue weighted by molar-refractivity contribution is 5.91. The van der Waals surface area contributed by atoms with Crippen molar-refractivity contribution in [1.29, 1.82) is 0 Å². The summed E-state index contributed by atoms with van der Waals surface area (Å²) in [7, 11) is 0. The molecule has 2 unspecified atom stereocenters. The highest BCUT2D eigenvalue weighted by Crippen LogP contribution is 2.31. The molecule has 1 aliphatic rings. The maximum atomic E-state index is 11.5. The second-order valence-corrected chi connectivity index (χ2v) is 6.14. The zero-order chi connectivity index (χ0) is 15.2. The molecule has 2 atom stereocenters. The quantitative estimate of drug-likeness (QED) is 0.822. The first-order chi connectivity index (χ1) is 10.1. The second-order valence-electron chi connectivity index (χ2n) is 6.14. The summed E-state index contributed by atoms with van der Waals surface area (Å²) in [4.78, 5) is 11.5. The highest BCUT2D eigenvalue weighted by atomic mass is 16.1. The van der Waals surface area contributed by atoms with Gasteiger partial charge in [0, 0.05) is 23.8 Å². The first-order valence-electron chi connectivity index (χ1n) is 8.31. The molecule has 0 bridgehead atoms. The van der Waals surface area contributed by atoms with Crippen LogP contribution in [0, 0.1) is 12.8 Å². The molecule has 1 amide bonds. The minimum absolute atomic E-state index is 0.0638. The lowest BCUT2D eigenvalue weighted by Crippen LogP contribution is -2.32. The number of rotatable bonds is 5. The predicted octanol–water partition coefficient (Wildman–Crippen LogP) is 4.72. The van der Waals surface area contributed by atoms with E-state index in [0.717, 1.165) is 17.3 Å². The molecular weight excluding hydrogens is 260 g/mol. The molecular formula is C18H28N2O. The summed E-state index contributed by atoms with van der Waals surface area (Å²) in [5.41, 5.74) is 3.29. The molecule has 2 N–H and O–H groups in total. The third kappa shape index (κ3) is 4.23. The fourth-order valence-electron chi connectivity index (χ4n) is 3.19. The van der Waals surface area contributed by atoms with Gasteiger partial charge < -0.3 is 10.6 Å². The summed E-state index contributed by atoms with van der Waals surface area (Å²) in [5.74, 6) is 0.834. The van der Waals surface area contributed by atoms with E-state index in [1.807, 2.05) is 13.0 Å². The summed E-state index contributed by atoms with van der Waals surface area (Å²) in [6, 6.07) is 6.70. The Morgan fingerprint density at radius 1 is 1.24 bits per heavy atom. The van der Waals surface area contributed by atoms with Crippen LogP contribution in [0.4, 0.5) is 11.4 Å². The molecule has 2 rings (SSSR count). The standard InChI is InChI=1S/C18H28N2O/c1-4-14-8-6-7-9-16(14)20-17-12-15(11-10-13(17)3)19-18(21)5-2/h10-12,14,16,20H,4-9H2,1-3H3,(H,19,21). The molecule has 0 aromatic heterocycles. The number of hydrogen-bond acceptors (Lipinski definition) is 2. The highest BCUT2D eigenvalue weighted by Gasteiger charge is 2.23. The molecule has 1 saturated carbocycles. The molecule has 0 spiro atoms. The van der Waals surface area contributed by atoms with Gasteiger partial charge in [-0.25, -0.2) is 0 Å². The number of hydrogen-bond donors (Lipinski definition) is 2. The van der Waals surface area contributed by atoms with Crippen molar-refractivity contribution in [2.24, 2.45) is 5.92 Å². The van der Waals surface area contributed by atoms with Crippen molar-refractivity contribution in [3.05, 3.63) is 23.8 Å². The number of benzene rings is 1. The Morgan fingerprint density at radius 3 is 2.71 bits per heavy atom. The number of carbonyl (C=O) groups excluding carboxylic acids is 1. The topological polar surface area (TPSA) is 41.1 Å². The zero-order valence-corrected chi connectivity index (χ0v) is 13.5. The van der Waals surface area contributed by atoms with Gasteiger partial charge in [0.15, 0.2) is 0 Å². The summed E-state index contributed by atoms with van der Waals surface area (Å²) in [6.07, 6.45) is 7.02. The molecule has 0 aliphatic heterocycles. The molecule has 1 aromatic rings. The molecule has 21 heavy (non-hydrogen) atoms. The maximum Gasteiger partial charge on any atom is 0.224 e. The Balaban J connectivity index is 2.10. The van der Waals surface area contributed by atoms with Gasteiger partial charge >= 0.3 is 0 Å². The summed E-state index contributed by atoms with van der Waals surface area (Å²) in [5, 5.41) is 6.67. The van der Waals surface area contributed by atoms with Crippen molar-refractivity contribution < 1.29 is 4.79 Å². The molecule has 0 radical (unpaired) electrons. The van der Waals surface area contributed by atoms with Gasteiger partial charge in [-0.1, -0.05) is 39.2 Å². The predicted molar refractivity (Wildman–Crippen MR) is 89.8 cm³/mol. The van der Waals surface area contributed by atoms with Crippen LogP contribution < -0.4 is 10.6 Å². The van der Waals surface area contributed by atoms with Gasteiger partial charge in [0.1, 0.15) is 0 Å². The first-order valence-corrected chi connectivity index (χ1v) is 8.31. The number of anilines is 2. The van der Waals surface area contributed by atoms with E-state index < -0.39 is 0 Å². The van der Waals surface area contributed by atoms with Crippen molar-refractivity contribution >= 4 is 17.3 Å². The van der Waals surface area contributed by atoms with Gasteiger partial charge in [-0.3, -0.25) is 4.79 Å². The summed E-state index contributed by atoms with van der Waals surface area (Å²) in [6.45, 7) is 6.28. The lowest BCUT2D eigenvalue weighted by atomic mass is 9.82. The summed E-state index contributed by atoms with van der Waals surface area (Å²) < 4.78 is 0. The van der Waals surface area contributed by atoms with Gasteiger partial charge in [-0.15, -0.1) is 0 Å². The van der Waals surface area contributed by atoms with Gasteiger partial charge in [0.2, 0.25) is 5.91 Å². The van der Waals surface area contributed by atoms with E-state index in [-0.39, 0.29) is 5.91 Å². The van der Waals surface area contributed by atoms with Gasteiger partial charge in [-0.05, 0) is 43.4 Å². The van der Waals surface area contributed by atoms with Crippen molar-refractivity contribution in [2.75, 3.05) is 10.6 Å². The number of amides is 1. The largest absolute Gasteiger partial charge is 0.382 e. The Kier molecular flexibility index (Phi) is 5.66. The fraction of sp³-hybridized carbons (Fsp3) is 0.611. The van der Waals surface area contributed by atoms with Crippen LogP contribution in [0.5, 0.6) is 0 Å². The van der Waals surface area contributed by atoms with Crippen LogP contribution in [-0.4, -0.2) is 11.9 Å². The lowest BCUT2D eigenvalue weighted by molar-refractivity contribution is -0.115. The van der Waals surface area contributed by atoms with E-state index in [2.05, 4.69) is 36.6 Å². The minimum atomic E-state index is 0.0638. The van der Waals surface area contributed by atoms with Crippen LogP contribution in [0.15, 0.2) is 18.2 Å². The Bertz CT molecular complexity index is 484. The van der Waals surface area contributed by atoms with Crippen LogP contribution in [0.25, 0.3) is 0 Å². The molecule has 1 fully saturated rings. The van der Waals surface area contributed by atoms with Crippen LogP contribution in [-0.2, 0) is 4.79 Å². The minimum Gasteiger partial charge on any atom is -0.382 e. The normalized spacial score (nSPS) is 21.9. The number of carbonyl (C=O) groups is 1. The van der Waals surface area contributed by atoms with E-state index in [1.165, 1.54) is 37.7 Å². The fourth-order valence-corrected chi connectivity index (χ4v) is 3.19. The van der Waals surface area contributed by atoms with E-state index >= 15 is 0 Å². The van der Waals surface area contributed by atoms with E-state index in [0.29, 0.717) is 12.5 Å². The Hall–Kier alpha value is -1.51. The van der Waals surface area contributed by atoms with Crippen LogP contribution >= 0.6 is 0 Å². The summed E-state index contributed by atoms with van der Waals surface area (Å²) >= 11 is 0. The average molecular weight is 288 g/mol. The maximum absolute atomic E-state index is 11.5. The molecule has 0 saturated heterocycles. The second kappa shape index (κ2) is 7.48. The van der Waals surface area contributed by atoms with Crippen molar-refractivity contribution in [1.82, 2.24) is 0 Å². The third-order valence-electron chi connectivity index (χ3n) is 4.62. The van der Waals surface area contributed by atoms with Crippen molar-refractivity contribution in [3.8, 4) is 0 Å². The molecule has 3 heteroatoms. The SMILES string of the molecule is CCC(=O)Nc1ccc(C)c(NC2CCCCC2CC)c1. The Morgan fingerprint density at radius 2 is 2.00 bits per heavy atom. The molecule has 116 valence electrons. The molecule has 1 aromatic carbocycles. The monoisotopic (exact) mass is 288 g/mol. The van der Waals surface area contributed by atoms with Crippen LogP contribution in [0.2, 0.25) is 0 Å². The van der Waals surface area contributed by atoms with Gasteiger partial charge in [0.05, 0.1) is 0 Å². The molecule has 1 aliphatic carbocycles. The Labute approximate surface area is 128 Å². The first kappa shape index (κ1) is 15.9. The lowest BCUT2D eigenvalue weighted by Gasteiger charge is -2.33. The zero-order valence-electron chi connectivity index (χ0n) is 13.5. The van der Waals surface area contributed by atoms with Crippen LogP contribution in [0.3, 0.4) is 0 Å². The number of nitrogens with one attached hydrogen (secondary N) is 2. The van der Waals surface area contributed by atoms with E-state index in [4.69, 9.17) is 0 Å².